The lowest BCUT2D eigenvalue weighted by atomic mass is 10.1. The fraction of sp³-hybridized carbons (Fsp3) is 0.643. The first-order chi connectivity index (χ1) is 10.2. The van der Waals surface area contributed by atoms with Crippen molar-refractivity contribution in [2.45, 2.75) is 51.0 Å². The molecule has 1 aromatic rings. The summed E-state index contributed by atoms with van der Waals surface area (Å²) in [7, 11) is 1.30. The predicted molar refractivity (Wildman–Crippen MR) is 81.5 cm³/mol. The molecule has 116 valence electrons. The van der Waals surface area contributed by atoms with Gasteiger partial charge >= 0.3 is 6.09 Å². The van der Waals surface area contributed by atoms with Crippen LogP contribution in [0.3, 0.4) is 0 Å². The lowest BCUT2D eigenvalue weighted by molar-refractivity contribution is -0.121. The van der Waals surface area contributed by atoms with Gasteiger partial charge in [0.2, 0.25) is 5.91 Å². The van der Waals surface area contributed by atoms with Crippen LogP contribution in [0.4, 0.5) is 9.93 Å². The fourth-order valence-corrected chi connectivity index (χ4v) is 3.15. The van der Waals surface area contributed by atoms with Crippen molar-refractivity contribution < 1.29 is 14.3 Å². The monoisotopic (exact) mass is 311 g/mol. The van der Waals surface area contributed by atoms with Gasteiger partial charge in [-0.15, -0.1) is 11.3 Å². The summed E-state index contributed by atoms with van der Waals surface area (Å²) in [5.74, 6) is -0.00295. The van der Waals surface area contributed by atoms with E-state index in [1.807, 2.05) is 0 Å². The molecule has 0 unspecified atom stereocenters. The molecule has 0 aromatic carbocycles. The van der Waals surface area contributed by atoms with Crippen LogP contribution in [-0.4, -0.2) is 30.1 Å². The van der Waals surface area contributed by atoms with Gasteiger partial charge in [-0.2, -0.15) is 0 Å². The second-order valence-corrected chi connectivity index (χ2v) is 6.05. The highest BCUT2D eigenvalue weighted by atomic mass is 32.1. The minimum atomic E-state index is -0.557. The quantitative estimate of drug-likeness (QED) is 0.838. The summed E-state index contributed by atoms with van der Waals surface area (Å²) in [6.45, 7) is 0. The van der Waals surface area contributed by atoms with Gasteiger partial charge in [0.1, 0.15) is 0 Å². The van der Waals surface area contributed by atoms with Gasteiger partial charge in [-0.25, -0.2) is 9.78 Å². The molecule has 0 aliphatic heterocycles. The normalized spacial score (nSPS) is 16.0. The highest BCUT2D eigenvalue weighted by Gasteiger charge is 2.16. The molecule has 0 atom stereocenters. The Morgan fingerprint density at radius 2 is 2.05 bits per heavy atom. The number of anilines is 1. The van der Waals surface area contributed by atoms with Crippen molar-refractivity contribution in [1.29, 1.82) is 0 Å². The maximum atomic E-state index is 12.0. The second-order valence-electron chi connectivity index (χ2n) is 5.19. The lowest BCUT2D eigenvalue weighted by Crippen LogP contribution is -2.35. The molecule has 2 amide bonds. The number of hydrogen-bond donors (Lipinski definition) is 2. The van der Waals surface area contributed by atoms with Crippen molar-refractivity contribution in [3.05, 3.63) is 11.1 Å². The summed E-state index contributed by atoms with van der Waals surface area (Å²) in [6, 6.07) is 0.298. The highest BCUT2D eigenvalue weighted by molar-refractivity contribution is 7.13. The Bertz CT molecular complexity index is 482. The Kier molecular flexibility index (Phi) is 5.98. The molecule has 21 heavy (non-hydrogen) atoms. The second kappa shape index (κ2) is 7.97. The van der Waals surface area contributed by atoms with Gasteiger partial charge in [0.05, 0.1) is 19.2 Å². The van der Waals surface area contributed by atoms with E-state index in [0.717, 1.165) is 12.8 Å². The van der Waals surface area contributed by atoms with Crippen molar-refractivity contribution in [2.24, 2.45) is 0 Å². The minimum absolute atomic E-state index is 0.00295. The van der Waals surface area contributed by atoms with E-state index in [1.54, 1.807) is 5.38 Å². The summed E-state index contributed by atoms with van der Waals surface area (Å²) in [5.41, 5.74) is 0.664. The van der Waals surface area contributed by atoms with Gasteiger partial charge in [-0.05, 0) is 12.8 Å². The molecule has 0 saturated heterocycles. The van der Waals surface area contributed by atoms with E-state index in [1.165, 1.54) is 44.1 Å². The lowest BCUT2D eigenvalue weighted by Gasteiger charge is -2.15. The number of carbonyl (C=O) groups is 2. The largest absolute Gasteiger partial charge is 0.453 e. The number of carbonyl (C=O) groups excluding carboxylic acids is 2. The van der Waals surface area contributed by atoms with Crippen LogP contribution in [-0.2, 0) is 16.0 Å². The van der Waals surface area contributed by atoms with Crippen molar-refractivity contribution >= 4 is 28.5 Å². The third kappa shape index (κ3) is 5.34. The predicted octanol–water partition coefficient (Wildman–Crippen LogP) is 2.70. The summed E-state index contributed by atoms with van der Waals surface area (Å²) < 4.78 is 4.49. The first kappa shape index (κ1) is 15.8. The highest BCUT2D eigenvalue weighted by Crippen LogP contribution is 2.18. The van der Waals surface area contributed by atoms with Crippen LogP contribution < -0.4 is 10.6 Å². The number of aromatic nitrogens is 1. The molecule has 1 aliphatic rings. The SMILES string of the molecule is COC(=O)Nc1nc(CC(=O)NC2CCCCCC2)cs1. The van der Waals surface area contributed by atoms with E-state index < -0.39 is 6.09 Å². The number of ether oxygens (including phenoxy) is 1. The summed E-state index contributed by atoms with van der Waals surface area (Å²) in [5, 5.41) is 7.79. The maximum absolute atomic E-state index is 12.0. The molecule has 1 saturated carbocycles. The number of thiazole rings is 1. The molecule has 0 bridgehead atoms. The Morgan fingerprint density at radius 1 is 1.33 bits per heavy atom. The molecule has 2 rings (SSSR count). The molecule has 1 heterocycles. The number of hydrogen-bond acceptors (Lipinski definition) is 5. The Labute approximate surface area is 128 Å². The molecule has 0 spiro atoms. The molecule has 1 aliphatic carbocycles. The zero-order valence-corrected chi connectivity index (χ0v) is 13.0. The number of methoxy groups -OCH3 is 1. The van der Waals surface area contributed by atoms with Crippen LogP contribution in [0, 0.1) is 0 Å². The standard InChI is InChI=1S/C14H21N3O3S/c1-20-14(19)17-13-16-11(9-21-13)8-12(18)15-10-6-4-2-3-5-7-10/h9-10H,2-8H2,1H3,(H,15,18)(H,16,17,19). The van der Waals surface area contributed by atoms with Gasteiger partial charge in [0, 0.05) is 11.4 Å². The Hall–Kier alpha value is -1.63. The average Bonchev–Trinajstić information content (AvgIpc) is 2.72. The maximum Gasteiger partial charge on any atom is 0.413 e. The number of nitrogens with zero attached hydrogens (tertiary/aromatic N) is 1. The Morgan fingerprint density at radius 3 is 2.71 bits per heavy atom. The van der Waals surface area contributed by atoms with Gasteiger partial charge in [-0.3, -0.25) is 10.1 Å². The van der Waals surface area contributed by atoms with E-state index in [0.29, 0.717) is 16.9 Å². The van der Waals surface area contributed by atoms with E-state index >= 15 is 0 Å². The third-order valence-electron chi connectivity index (χ3n) is 3.51. The van der Waals surface area contributed by atoms with Gasteiger partial charge in [0.15, 0.2) is 5.13 Å². The van der Waals surface area contributed by atoms with Crippen LogP contribution in [0.5, 0.6) is 0 Å². The number of amides is 2. The van der Waals surface area contributed by atoms with Crippen molar-refractivity contribution in [1.82, 2.24) is 10.3 Å². The number of rotatable bonds is 4. The van der Waals surface area contributed by atoms with Crippen LogP contribution in [0.25, 0.3) is 0 Å². The summed E-state index contributed by atoms with van der Waals surface area (Å²) in [4.78, 5) is 27.3. The Balaban J connectivity index is 1.80. The summed E-state index contributed by atoms with van der Waals surface area (Å²) in [6.07, 6.45) is 6.73. The molecular weight excluding hydrogens is 290 g/mol. The van der Waals surface area contributed by atoms with E-state index in [-0.39, 0.29) is 12.3 Å². The molecular formula is C14H21N3O3S. The molecule has 6 nitrogen and oxygen atoms in total. The summed E-state index contributed by atoms with van der Waals surface area (Å²) >= 11 is 1.28. The van der Waals surface area contributed by atoms with Crippen LogP contribution >= 0.6 is 11.3 Å². The van der Waals surface area contributed by atoms with Crippen molar-refractivity contribution in [3.63, 3.8) is 0 Å². The van der Waals surface area contributed by atoms with Gasteiger partial charge < -0.3 is 10.1 Å². The smallest absolute Gasteiger partial charge is 0.413 e. The molecule has 2 N–H and O–H groups in total. The molecule has 7 heteroatoms. The fourth-order valence-electron chi connectivity index (χ4n) is 2.45. The van der Waals surface area contributed by atoms with E-state index in [2.05, 4.69) is 20.4 Å². The zero-order valence-electron chi connectivity index (χ0n) is 12.2. The average molecular weight is 311 g/mol. The minimum Gasteiger partial charge on any atom is -0.453 e. The van der Waals surface area contributed by atoms with Crippen molar-refractivity contribution in [3.8, 4) is 0 Å². The third-order valence-corrected chi connectivity index (χ3v) is 4.31. The van der Waals surface area contributed by atoms with Crippen LogP contribution in [0.2, 0.25) is 0 Å². The number of nitrogens with one attached hydrogen (secondary N) is 2. The van der Waals surface area contributed by atoms with Crippen LogP contribution in [0.15, 0.2) is 5.38 Å². The first-order valence-corrected chi connectivity index (χ1v) is 8.14. The van der Waals surface area contributed by atoms with E-state index in [4.69, 9.17) is 0 Å². The molecule has 1 aromatic heterocycles. The first-order valence-electron chi connectivity index (χ1n) is 7.26. The van der Waals surface area contributed by atoms with Crippen LogP contribution in [0.1, 0.15) is 44.2 Å². The van der Waals surface area contributed by atoms with Gasteiger partial charge in [0.25, 0.3) is 0 Å². The molecule has 0 radical (unpaired) electrons. The zero-order chi connectivity index (χ0) is 15.1. The van der Waals surface area contributed by atoms with Crippen molar-refractivity contribution in [2.75, 3.05) is 12.4 Å². The van der Waals surface area contributed by atoms with Gasteiger partial charge in [-0.1, -0.05) is 25.7 Å². The topological polar surface area (TPSA) is 80.3 Å². The molecule has 1 fully saturated rings. The van der Waals surface area contributed by atoms with E-state index in [9.17, 15) is 9.59 Å².